The van der Waals surface area contributed by atoms with Gasteiger partial charge in [-0.1, -0.05) is 46.4 Å². The van der Waals surface area contributed by atoms with Crippen molar-refractivity contribution in [3.63, 3.8) is 0 Å². The lowest BCUT2D eigenvalue weighted by atomic mass is 10.3. The van der Waals surface area contributed by atoms with Crippen molar-refractivity contribution in [2.45, 2.75) is 11.4 Å². The molecule has 0 fully saturated rings. The van der Waals surface area contributed by atoms with Crippen molar-refractivity contribution in [1.82, 2.24) is 0 Å². The van der Waals surface area contributed by atoms with E-state index in [1.807, 2.05) is 0 Å². The van der Waals surface area contributed by atoms with Crippen molar-refractivity contribution >= 4 is 57.9 Å². The molecule has 0 aromatic heterocycles. The van der Waals surface area contributed by atoms with E-state index in [2.05, 4.69) is 10.2 Å². The van der Waals surface area contributed by atoms with Crippen LogP contribution in [0.3, 0.4) is 0 Å². The van der Waals surface area contributed by atoms with Crippen LogP contribution in [0.15, 0.2) is 22.4 Å². The van der Waals surface area contributed by atoms with Crippen LogP contribution in [0.2, 0.25) is 10.0 Å². The van der Waals surface area contributed by atoms with Gasteiger partial charge in [-0.3, -0.25) is 4.79 Å². The standard InChI is InChI=1S/C9H5Cl4FN2O/c1-4(17)9(12,13)16-15-8-6(11)2-5(10)3-7(8)14/h2-3H,1H3. The number of alkyl halides is 2. The van der Waals surface area contributed by atoms with Crippen LogP contribution < -0.4 is 0 Å². The summed E-state index contributed by atoms with van der Waals surface area (Å²) in [5, 5.41) is 6.78. The molecule has 0 amide bonds. The first-order valence-electron chi connectivity index (χ1n) is 4.20. The largest absolute Gasteiger partial charge is 0.294 e. The lowest BCUT2D eigenvalue weighted by molar-refractivity contribution is -0.117. The van der Waals surface area contributed by atoms with Crippen LogP contribution in [0.25, 0.3) is 0 Å². The summed E-state index contributed by atoms with van der Waals surface area (Å²) in [5.41, 5.74) is -0.289. The summed E-state index contributed by atoms with van der Waals surface area (Å²) in [4.78, 5) is 10.9. The number of azo groups is 1. The number of carbonyl (C=O) groups excluding carboxylic acids is 1. The second kappa shape index (κ2) is 5.48. The average molecular weight is 318 g/mol. The molecule has 0 aliphatic heterocycles. The van der Waals surface area contributed by atoms with Gasteiger partial charge in [0.2, 0.25) is 0 Å². The van der Waals surface area contributed by atoms with Gasteiger partial charge in [0.15, 0.2) is 11.6 Å². The molecule has 8 heteroatoms. The fraction of sp³-hybridized carbons (Fsp3) is 0.222. The van der Waals surface area contributed by atoms with Gasteiger partial charge in [-0.2, -0.15) is 0 Å². The third-order valence-corrected chi connectivity index (χ3v) is 2.87. The van der Waals surface area contributed by atoms with Gasteiger partial charge in [-0.15, -0.1) is 10.2 Å². The van der Waals surface area contributed by atoms with Crippen LogP contribution in [0, 0.1) is 5.82 Å². The minimum atomic E-state index is -2.06. The quantitative estimate of drug-likeness (QED) is 0.442. The summed E-state index contributed by atoms with van der Waals surface area (Å²) >= 11 is 22.3. The van der Waals surface area contributed by atoms with E-state index in [0.717, 1.165) is 13.0 Å². The number of carbonyl (C=O) groups is 1. The van der Waals surface area contributed by atoms with Crippen molar-refractivity contribution in [3.05, 3.63) is 28.0 Å². The first-order chi connectivity index (χ1) is 7.74. The van der Waals surface area contributed by atoms with E-state index in [1.165, 1.54) is 6.07 Å². The molecule has 0 atom stereocenters. The molecule has 0 aliphatic rings. The zero-order chi connectivity index (χ0) is 13.2. The molecule has 0 bridgehead atoms. The number of ketones is 1. The normalized spacial score (nSPS) is 12.1. The van der Waals surface area contributed by atoms with Crippen molar-refractivity contribution in [2.75, 3.05) is 0 Å². The Hall–Kier alpha value is -0.420. The predicted octanol–water partition coefficient (Wildman–Crippen LogP) is 4.94. The number of benzene rings is 1. The van der Waals surface area contributed by atoms with E-state index in [1.54, 1.807) is 0 Å². The summed E-state index contributed by atoms with van der Waals surface area (Å²) < 4.78 is 11.3. The summed E-state index contributed by atoms with van der Waals surface area (Å²) in [6, 6.07) is 2.28. The second-order valence-electron chi connectivity index (χ2n) is 3.02. The van der Waals surface area contributed by atoms with Gasteiger partial charge < -0.3 is 0 Å². The van der Waals surface area contributed by atoms with Gasteiger partial charge in [0.05, 0.1) is 5.02 Å². The molecule has 0 N–H and O–H groups in total. The maximum absolute atomic E-state index is 13.4. The van der Waals surface area contributed by atoms with Crippen LogP contribution in [0.5, 0.6) is 0 Å². The van der Waals surface area contributed by atoms with Gasteiger partial charge in [-0.25, -0.2) is 4.39 Å². The molecule has 1 aromatic carbocycles. The highest BCUT2D eigenvalue weighted by Crippen LogP contribution is 2.34. The minimum Gasteiger partial charge on any atom is -0.294 e. The van der Waals surface area contributed by atoms with E-state index in [0.29, 0.717) is 0 Å². The van der Waals surface area contributed by atoms with Gasteiger partial charge >= 0.3 is 0 Å². The maximum Gasteiger partial charge on any atom is 0.285 e. The van der Waals surface area contributed by atoms with Gasteiger partial charge in [-0.05, 0) is 19.1 Å². The molecule has 0 aliphatic carbocycles. The first-order valence-corrected chi connectivity index (χ1v) is 5.71. The summed E-state index contributed by atoms with van der Waals surface area (Å²) in [6.45, 7) is 1.12. The zero-order valence-corrected chi connectivity index (χ0v) is 11.4. The number of halogens is 5. The van der Waals surface area contributed by atoms with Gasteiger partial charge in [0, 0.05) is 5.02 Å². The minimum absolute atomic E-state index is 0.0635. The number of hydrogen-bond donors (Lipinski definition) is 0. The molecule has 0 radical (unpaired) electrons. The Morgan fingerprint density at radius 2 is 1.94 bits per heavy atom. The first kappa shape index (κ1) is 14.6. The Morgan fingerprint density at radius 1 is 1.35 bits per heavy atom. The number of hydrogen-bond acceptors (Lipinski definition) is 3. The molecule has 0 unspecified atom stereocenters. The van der Waals surface area contributed by atoms with Crippen LogP contribution in [-0.4, -0.2) is 10.2 Å². The molecule has 0 spiro atoms. The highest BCUT2D eigenvalue weighted by atomic mass is 35.5. The molecule has 0 saturated heterocycles. The Bertz CT molecular complexity index is 467. The molecular weight excluding hydrogens is 313 g/mol. The van der Waals surface area contributed by atoms with Crippen LogP contribution >= 0.6 is 46.4 Å². The van der Waals surface area contributed by atoms with E-state index in [-0.39, 0.29) is 15.7 Å². The molecule has 17 heavy (non-hydrogen) atoms. The summed E-state index contributed by atoms with van der Waals surface area (Å²) in [5.74, 6) is -1.44. The third-order valence-electron chi connectivity index (χ3n) is 1.68. The predicted molar refractivity (Wildman–Crippen MR) is 66.1 cm³/mol. The fourth-order valence-corrected chi connectivity index (χ4v) is 1.40. The Morgan fingerprint density at radius 3 is 2.41 bits per heavy atom. The molecule has 1 rings (SSSR count). The SMILES string of the molecule is CC(=O)C(Cl)(Cl)N=Nc1c(F)cc(Cl)cc1Cl. The Balaban J connectivity index is 3.12. The molecule has 3 nitrogen and oxygen atoms in total. The topological polar surface area (TPSA) is 41.8 Å². The molecule has 1 aromatic rings. The van der Waals surface area contributed by atoms with E-state index in [4.69, 9.17) is 46.4 Å². The van der Waals surface area contributed by atoms with Crippen molar-refractivity contribution < 1.29 is 9.18 Å². The maximum atomic E-state index is 13.4. The lowest BCUT2D eigenvalue weighted by Gasteiger charge is -2.08. The Labute approximate surface area is 117 Å². The molecular formula is C9H5Cl4FN2O. The van der Waals surface area contributed by atoms with Crippen LogP contribution in [-0.2, 0) is 4.79 Å². The zero-order valence-electron chi connectivity index (χ0n) is 8.35. The molecule has 92 valence electrons. The van der Waals surface area contributed by atoms with E-state index < -0.39 is 16.1 Å². The number of nitrogens with zero attached hydrogens (tertiary/aromatic N) is 2. The monoisotopic (exact) mass is 316 g/mol. The third kappa shape index (κ3) is 3.78. The van der Waals surface area contributed by atoms with Crippen molar-refractivity contribution in [3.8, 4) is 0 Å². The summed E-state index contributed by atoms with van der Waals surface area (Å²) in [6.07, 6.45) is 0. The van der Waals surface area contributed by atoms with Crippen molar-refractivity contribution in [1.29, 1.82) is 0 Å². The smallest absolute Gasteiger partial charge is 0.285 e. The summed E-state index contributed by atoms with van der Waals surface area (Å²) in [7, 11) is 0. The fourth-order valence-electron chi connectivity index (χ4n) is 0.813. The highest BCUT2D eigenvalue weighted by molar-refractivity contribution is 6.57. The average Bonchev–Trinajstić information content (AvgIpc) is 2.15. The van der Waals surface area contributed by atoms with Gasteiger partial charge in [0.1, 0.15) is 5.69 Å². The molecule has 0 heterocycles. The lowest BCUT2D eigenvalue weighted by Crippen LogP contribution is -2.19. The van der Waals surface area contributed by atoms with E-state index in [9.17, 15) is 9.18 Å². The Kier molecular flexibility index (Phi) is 4.72. The molecule has 0 saturated carbocycles. The number of rotatable bonds is 3. The van der Waals surface area contributed by atoms with Gasteiger partial charge in [0.25, 0.3) is 4.46 Å². The number of Topliss-reactive ketones (excluding diaryl/α,β-unsaturated/α-hetero) is 1. The van der Waals surface area contributed by atoms with Crippen LogP contribution in [0.4, 0.5) is 10.1 Å². The van der Waals surface area contributed by atoms with E-state index >= 15 is 0 Å². The second-order valence-corrected chi connectivity index (χ2v) is 5.15. The van der Waals surface area contributed by atoms with Crippen molar-refractivity contribution in [2.24, 2.45) is 10.2 Å². The van der Waals surface area contributed by atoms with Crippen LogP contribution in [0.1, 0.15) is 6.92 Å². The highest BCUT2D eigenvalue weighted by Gasteiger charge is 2.29.